The average Bonchev–Trinajstić information content (AvgIpc) is 3.01. The van der Waals surface area contributed by atoms with E-state index >= 15 is 8.78 Å². The number of likely N-dealkylation sites (tertiary alicyclic amines) is 1. The van der Waals surface area contributed by atoms with Gasteiger partial charge in [0.1, 0.15) is 23.4 Å². The molecule has 0 aromatic heterocycles. The van der Waals surface area contributed by atoms with E-state index in [9.17, 15) is 18.0 Å². The topological polar surface area (TPSA) is 102 Å². The van der Waals surface area contributed by atoms with Crippen LogP contribution in [0.25, 0.3) is 0 Å². The van der Waals surface area contributed by atoms with E-state index in [1.165, 1.54) is 14.0 Å². The van der Waals surface area contributed by atoms with Crippen LogP contribution < -0.4 is 4.74 Å². The third-order valence-corrected chi connectivity index (χ3v) is 7.25. The van der Waals surface area contributed by atoms with Crippen LogP contribution in [0, 0.1) is 0 Å². The Balaban J connectivity index is 2.50. The molecule has 1 aliphatic rings. The molecule has 1 aromatic carbocycles. The molecular weight excluding hydrogens is 474 g/mol. The number of sulfonamides is 1. The standard InChI is InChI=1S/C22H32F2N2O7S/c1-7-34(29,30)26(13-15-8-10-16(31-5)11-9-15)18-14-25(20(28)33-21(2,3)4)17(22(18,23)24)12-19(27)32-6/h8-11,17-18H,7,12-14H2,1-6H3/t17-,18-/m1/s1. The summed E-state index contributed by atoms with van der Waals surface area (Å²) in [5.41, 5.74) is -0.535. The van der Waals surface area contributed by atoms with Gasteiger partial charge in [0.15, 0.2) is 0 Å². The number of alkyl halides is 2. The predicted octanol–water partition coefficient (Wildman–Crippen LogP) is 3.03. The molecule has 0 unspecified atom stereocenters. The fraction of sp³-hybridized carbons (Fsp3) is 0.636. The molecule has 0 aliphatic carbocycles. The molecule has 1 amide bonds. The van der Waals surface area contributed by atoms with Crippen molar-refractivity contribution in [3.8, 4) is 5.75 Å². The number of carbonyl (C=O) groups is 2. The first-order valence-electron chi connectivity index (χ1n) is 10.7. The first-order valence-corrected chi connectivity index (χ1v) is 12.3. The summed E-state index contributed by atoms with van der Waals surface area (Å²) >= 11 is 0. The minimum atomic E-state index is -4.14. The second kappa shape index (κ2) is 10.4. The molecule has 9 nitrogen and oxygen atoms in total. The van der Waals surface area contributed by atoms with Gasteiger partial charge in [-0.25, -0.2) is 22.0 Å². The number of benzene rings is 1. The van der Waals surface area contributed by atoms with Gasteiger partial charge < -0.3 is 14.2 Å². The quantitative estimate of drug-likeness (QED) is 0.500. The van der Waals surface area contributed by atoms with Crippen molar-refractivity contribution >= 4 is 22.1 Å². The van der Waals surface area contributed by atoms with Crippen molar-refractivity contribution in [3.63, 3.8) is 0 Å². The fourth-order valence-corrected chi connectivity index (χ4v) is 4.91. The molecule has 1 heterocycles. The summed E-state index contributed by atoms with van der Waals surface area (Å²) in [6.07, 6.45) is -1.89. The van der Waals surface area contributed by atoms with Crippen molar-refractivity contribution in [2.75, 3.05) is 26.5 Å². The Labute approximate surface area is 199 Å². The van der Waals surface area contributed by atoms with Crippen LogP contribution in [-0.2, 0) is 30.8 Å². The Kier molecular flexibility index (Phi) is 8.52. The van der Waals surface area contributed by atoms with E-state index in [-0.39, 0.29) is 6.54 Å². The van der Waals surface area contributed by atoms with Crippen LogP contribution in [0.2, 0.25) is 0 Å². The summed E-state index contributed by atoms with van der Waals surface area (Å²) in [5.74, 6) is -4.63. The molecule has 0 radical (unpaired) electrons. The highest BCUT2D eigenvalue weighted by atomic mass is 32.2. The number of hydrogen-bond donors (Lipinski definition) is 0. The third-order valence-electron chi connectivity index (χ3n) is 5.42. The summed E-state index contributed by atoms with van der Waals surface area (Å²) < 4.78 is 73.0. The minimum absolute atomic E-state index is 0.354. The number of amides is 1. The lowest BCUT2D eigenvalue weighted by molar-refractivity contribution is -0.145. The molecule has 2 atom stereocenters. The Morgan fingerprint density at radius 2 is 1.76 bits per heavy atom. The van der Waals surface area contributed by atoms with E-state index in [2.05, 4.69) is 4.74 Å². The molecule has 1 aliphatic heterocycles. The first kappa shape index (κ1) is 27.8. The van der Waals surface area contributed by atoms with Crippen LogP contribution in [0.5, 0.6) is 5.75 Å². The normalized spacial score (nSPS) is 20.3. The van der Waals surface area contributed by atoms with Crippen LogP contribution in [0.15, 0.2) is 24.3 Å². The van der Waals surface area contributed by atoms with Crippen molar-refractivity contribution in [1.82, 2.24) is 9.21 Å². The van der Waals surface area contributed by atoms with Gasteiger partial charge in [0.2, 0.25) is 10.0 Å². The van der Waals surface area contributed by atoms with Gasteiger partial charge in [-0.05, 0) is 45.4 Å². The van der Waals surface area contributed by atoms with Gasteiger partial charge in [-0.15, -0.1) is 0 Å². The molecule has 1 saturated heterocycles. The average molecular weight is 507 g/mol. The zero-order chi connectivity index (χ0) is 25.9. The number of esters is 1. The minimum Gasteiger partial charge on any atom is -0.497 e. The molecule has 1 aromatic rings. The largest absolute Gasteiger partial charge is 0.497 e. The number of rotatable bonds is 8. The lowest BCUT2D eigenvalue weighted by Crippen LogP contribution is -2.52. The molecule has 1 fully saturated rings. The van der Waals surface area contributed by atoms with Crippen LogP contribution >= 0.6 is 0 Å². The molecule has 0 spiro atoms. The SMILES string of the molecule is CCS(=O)(=O)N(Cc1ccc(OC)cc1)[C@@H]1CN(C(=O)OC(C)(C)C)[C@H](CC(=O)OC)C1(F)F. The van der Waals surface area contributed by atoms with Crippen LogP contribution in [0.4, 0.5) is 13.6 Å². The van der Waals surface area contributed by atoms with Gasteiger partial charge in [-0.1, -0.05) is 12.1 Å². The Morgan fingerprint density at radius 1 is 1.18 bits per heavy atom. The van der Waals surface area contributed by atoms with Gasteiger partial charge in [0, 0.05) is 13.1 Å². The van der Waals surface area contributed by atoms with Gasteiger partial charge in [0.25, 0.3) is 5.92 Å². The second-order valence-electron chi connectivity index (χ2n) is 8.91. The van der Waals surface area contributed by atoms with Crippen molar-refractivity contribution in [3.05, 3.63) is 29.8 Å². The number of ether oxygens (including phenoxy) is 3. The van der Waals surface area contributed by atoms with Gasteiger partial charge >= 0.3 is 12.1 Å². The second-order valence-corrected chi connectivity index (χ2v) is 11.1. The molecule has 192 valence electrons. The van der Waals surface area contributed by atoms with E-state index in [0.29, 0.717) is 15.6 Å². The maximum absolute atomic E-state index is 15.8. The smallest absolute Gasteiger partial charge is 0.410 e. The first-order chi connectivity index (χ1) is 15.7. The van der Waals surface area contributed by atoms with Gasteiger partial charge in [-0.3, -0.25) is 9.69 Å². The lowest BCUT2D eigenvalue weighted by atomic mass is 10.0. The highest BCUT2D eigenvalue weighted by molar-refractivity contribution is 7.89. The highest BCUT2D eigenvalue weighted by Gasteiger charge is 2.62. The van der Waals surface area contributed by atoms with Crippen LogP contribution in [-0.4, -0.2) is 79.8 Å². The highest BCUT2D eigenvalue weighted by Crippen LogP contribution is 2.41. The van der Waals surface area contributed by atoms with E-state index < -0.39 is 64.4 Å². The number of nitrogens with zero attached hydrogens (tertiary/aromatic N) is 2. The summed E-state index contributed by atoms with van der Waals surface area (Å²) in [7, 11) is -1.63. The van der Waals surface area contributed by atoms with Crippen molar-refractivity contribution in [1.29, 1.82) is 0 Å². The monoisotopic (exact) mass is 506 g/mol. The summed E-state index contributed by atoms with van der Waals surface area (Å²) in [4.78, 5) is 25.4. The van der Waals surface area contributed by atoms with Crippen molar-refractivity contribution in [2.24, 2.45) is 0 Å². The zero-order valence-corrected chi connectivity index (χ0v) is 21.0. The van der Waals surface area contributed by atoms with Crippen LogP contribution in [0.1, 0.15) is 39.7 Å². The molecule has 0 bridgehead atoms. The lowest BCUT2D eigenvalue weighted by Gasteiger charge is -2.32. The summed E-state index contributed by atoms with van der Waals surface area (Å²) in [5, 5.41) is 0. The summed E-state index contributed by atoms with van der Waals surface area (Å²) in [6, 6.07) is 2.47. The maximum atomic E-state index is 15.8. The molecular formula is C22H32F2N2O7S. The molecule has 0 N–H and O–H groups in total. The van der Waals surface area contributed by atoms with E-state index in [4.69, 9.17) is 9.47 Å². The number of halogens is 2. The maximum Gasteiger partial charge on any atom is 0.410 e. The molecule has 12 heteroatoms. The number of hydrogen-bond acceptors (Lipinski definition) is 7. The predicted molar refractivity (Wildman–Crippen MR) is 120 cm³/mol. The Hall–Kier alpha value is -2.47. The number of methoxy groups -OCH3 is 2. The van der Waals surface area contributed by atoms with Crippen LogP contribution in [0.3, 0.4) is 0 Å². The van der Waals surface area contributed by atoms with E-state index in [1.54, 1.807) is 45.0 Å². The Morgan fingerprint density at radius 3 is 2.24 bits per heavy atom. The molecule has 34 heavy (non-hydrogen) atoms. The molecule has 2 rings (SSSR count). The van der Waals surface area contributed by atoms with Crippen molar-refractivity contribution in [2.45, 2.75) is 64.3 Å². The number of carbonyl (C=O) groups excluding carboxylic acids is 2. The zero-order valence-electron chi connectivity index (χ0n) is 20.2. The van der Waals surface area contributed by atoms with Crippen molar-refractivity contribution < 1.29 is 41.0 Å². The van der Waals surface area contributed by atoms with Gasteiger partial charge in [0.05, 0.1) is 26.4 Å². The van der Waals surface area contributed by atoms with E-state index in [0.717, 1.165) is 12.0 Å². The molecule has 0 saturated carbocycles. The third kappa shape index (κ3) is 6.35. The fourth-order valence-electron chi connectivity index (χ4n) is 3.64. The summed E-state index contributed by atoms with van der Waals surface area (Å²) in [6.45, 7) is 5.06. The van der Waals surface area contributed by atoms with E-state index in [1.807, 2.05) is 0 Å². The van der Waals surface area contributed by atoms with Gasteiger partial charge in [-0.2, -0.15) is 4.31 Å². The Bertz CT molecular complexity index is 978.